The van der Waals surface area contributed by atoms with Gasteiger partial charge >= 0.3 is 0 Å². The molecule has 2 aromatic rings. The van der Waals surface area contributed by atoms with Crippen molar-refractivity contribution < 1.29 is 9.90 Å². The number of rotatable bonds is 4. The van der Waals surface area contributed by atoms with Crippen LogP contribution in [0.3, 0.4) is 0 Å². The van der Waals surface area contributed by atoms with Crippen molar-refractivity contribution in [2.45, 2.75) is 50.1 Å². The second kappa shape index (κ2) is 6.35. The van der Waals surface area contributed by atoms with Crippen LogP contribution in [0.5, 0.6) is 5.75 Å². The number of nitrogens with zero attached hydrogens (tertiary/aromatic N) is 1. The van der Waals surface area contributed by atoms with Gasteiger partial charge in [0.15, 0.2) is 0 Å². The Bertz CT molecular complexity index is 861. The van der Waals surface area contributed by atoms with Crippen molar-refractivity contribution in [3.63, 3.8) is 0 Å². The lowest BCUT2D eigenvalue weighted by Crippen LogP contribution is -2.68. The van der Waals surface area contributed by atoms with Gasteiger partial charge in [-0.05, 0) is 72.9 Å². The molecular formula is C22H26N2O2S. The van der Waals surface area contributed by atoms with E-state index in [4.69, 9.17) is 0 Å². The molecule has 4 nitrogen and oxygen atoms in total. The van der Waals surface area contributed by atoms with Gasteiger partial charge in [-0.25, -0.2) is 0 Å². The number of hydrogen-bond donors (Lipinski definition) is 2. The maximum Gasteiger partial charge on any atom is 0.252 e. The molecule has 2 bridgehead atoms. The number of fused-ring (bicyclic) bond motifs is 4. The number of carbonyl (C=O) groups excluding carboxylic acids is 1. The topological polar surface area (TPSA) is 52.6 Å². The Morgan fingerprint density at radius 2 is 2.22 bits per heavy atom. The van der Waals surface area contributed by atoms with Crippen molar-refractivity contribution >= 4 is 17.2 Å². The van der Waals surface area contributed by atoms with Gasteiger partial charge in [-0.1, -0.05) is 13.0 Å². The first kappa shape index (κ1) is 17.3. The van der Waals surface area contributed by atoms with E-state index in [1.165, 1.54) is 24.0 Å². The van der Waals surface area contributed by atoms with Crippen LogP contribution in [0.15, 0.2) is 35.0 Å². The summed E-state index contributed by atoms with van der Waals surface area (Å²) in [5, 5.41) is 17.4. The molecule has 142 valence electrons. The van der Waals surface area contributed by atoms with Crippen molar-refractivity contribution in [1.29, 1.82) is 0 Å². The molecule has 1 amide bonds. The summed E-state index contributed by atoms with van der Waals surface area (Å²) < 4.78 is 0. The number of aromatic hydroxyl groups is 1. The molecule has 0 radical (unpaired) electrons. The summed E-state index contributed by atoms with van der Waals surface area (Å²) in [6.07, 6.45) is 4.63. The minimum absolute atomic E-state index is 0.0225. The number of hydrogen-bond acceptors (Lipinski definition) is 4. The zero-order valence-corrected chi connectivity index (χ0v) is 16.5. The Balaban J connectivity index is 1.52. The lowest BCUT2D eigenvalue weighted by molar-refractivity contribution is 0.0394. The maximum absolute atomic E-state index is 12.9. The molecule has 1 aromatic heterocycles. The Kier molecular flexibility index (Phi) is 4.06. The average Bonchev–Trinajstić information content (AvgIpc) is 3.29. The first-order valence-electron chi connectivity index (χ1n) is 9.94. The Morgan fingerprint density at radius 3 is 2.96 bits per heavy atom. The van der Waals surface area contributed by atoms with Crippen LogP contribution >= 0.6 is 11.3 Å². The summed E-state index contributed by atoms with van der Waals surface area (Å²) in [4.78, 5) is 15.5. The number of phenolic OH excluding ortho intramolecular Hbond substituents is 1. The maximum atomic E-state index is 12.9. The summed E-state index contributed by atoms with van der Waals surface area (Å²) in [5.74, 6) is 1.18. The van der Waals surface area contributed by atoms with Gasteiger partial charge in [0, 0.05) is 28.9 Å². The van der Waals surface area contributed by atoms with Crippen LogP contribution in [0.4, 0.5) is 0 Å². The lowest BCUT2D eigenvalue weighted by Gasteiger charge is -2.55. The molecule has 2 aliphatic carbocycles. The van der Waals surface area contributed by atoms with E-state index >= 15 is 0 Å². The number of carbonyl (C=O) groups is 1. The number of phenols is 1. The normalized spacial score (nSPS) is 30.0. The highest BCUT2D eigenvalue weighted by atomic mass is 32.1. The number of amides is 1. The third-order valence-electron chi connectivity index (χ3n) is 6.86. The van der Waals surface area contributed by atoms with Gasteiger partial charge < -0.3 is 10.4 Å². The molecule has 1 saturated heterocycles. The molecule has 2 fully saturated rings. The summed E-state index contributed by atoms with van der Waals surface area (Å²) in [6, 6.07) is 8.07. The molecule has 5 rings (SSSR count). The van der Waals surface area contributed by atoms with Crippen molar-refractivity contribution in [1.82, 2.24) is 10.2 Å². The van der Waals surface area contributed by atoms with Gasteiger partial charge in [-0.3, -0.25) is 9.69 Å². The van der Waals surface area contributed by atoms with Crippen LogP contribution in [-0.2, 0) is 11.8 Å². The van der Waals surface area contributed by atoms with E-state index in [9.17, 15) is 9.90 Å². The highest BCUT2D eigenvalue weighted by Gasteiger charge is 2.52. The number of thiophene rings is 1. The summed E-state index contributed by atoms with van der Waals surface area (Å²) in [7, 11) is 0. The number of piperidine rings is 1. The smallest absolute Gasteiger partial charge is 0.252 e. The van der Waals surface area contributed by atoms with Crippen molar-refractivity contribution in [3.8, 4) is 5.75 Å². The van der Waals surface area contributed by atoms with Gasteiger partial charge in [0.25, 0.3) is 5.91 Å². The zero-order valence-electron chi connectivity index (χ0n) is 15.6. The molecule has 1 aromatic carbocycles. The highest BCUT2D eigenvalue weighted by Crippen LogP contribution is 2.47. The van der Waals surface area contributed by atoms with Gasteiger partial charge in [0.1, 0.15) is 5.75 Å². The van der Waals surface area contributed by atoms with E-state index in [0.717, 1.165) is 37.4 Å². The summed E-state index contributed by atoms with van der Waals surface area (Å²) in [5.41, 5.74) is 3.13. The third kappa shape index (κ3) is 2.97. The Labute approximate surface area is 164 Å². The molecule has 3 atom stereocenters. The Hall–Kier alpha value is -1.85. The standard InChI is InChI=1S/C22H26N2O2S/c1-22-7-8-24(12-14-2-3-14)19(10-15-4-5-17(25)11-18(15)22)20(22)23-21(26)16-6-9-27-13-16/h4-6,9,11,13-14,19-20,25H,2-3,7-8,10,12H2,1H3,(H,23,26)/t19-,20+,22-/m1/s1. The van der Waals surface area contributed by atoms with Crippen LogP contribution in [0, 0.1) is 5.92 Å². The summed E-state index contributed by atoms with van der Waals surface area (Å²) >= 11 is 1.55. The molecule has 0 spiro atoms. The number of likely N-dealkylation sites (tertiary alicyclic amines) is 1. The SMILES string of the molecule is C[C@@]12CCN(CC3CC3)[C@H](Cc3ccc(O)cc31)[C@@H]2NC(=O)c1ccsc1. The minimum atomic E-state index is -0.150. The van der Waals surface area contributed by atoms with Gasteiger partial charge in [-0.2, -0.15) is 11.3 Å². The molecule has 27 heavy (non-hydrogen) atoms. The minimum Gasteiger partial charge on any atom is -0.508 e. The molecule has 5 heteroatoms. The fourth-order valence-electron chi connectivity index (χ4n) is 5.11. The van der Waals surface area contributed by atoms with Crippen LogP contribution < -0.4 is 5.32 Å². The van der Waals surface area contributed by atoms with E-state index in [1.54, 1.807) is 17.4 Å². The molecule has 2 heterocycles. The largest absolute Gasteiger partial charge is 0.508 e. The monoisotopic (exact) mass is 382 g/mol. The van der Waals surface area contributed by atoms with Gasteiger partial charge in [0.05, 0.1) is 6.04 Å². The molecular weight excluding hydrogens is 356 g/mol. The van der Waals surface area contributed by atoms with E-state index < -0.39 is 0 Å². The quantitative estimate of drug-likeness (QED) is 0.850. The first-order valence-corrected chi connectivity index (χ1v) is 10.9. The average molecular weight is 383 g/mol. The van der Waals surface area contributed by atoms with Gasteiger partial charge in [0.2, 0.25) is 0 Å². The van der Waals surface area contributed by atoms with E-state index in [2.05, 4.69) is 23.2 Å². The summed E-state index contributed by atoms with van der Waals surface area (Å²) in [6.45, 7) is 4.49. The Morgan fingerprint density at radius 1 is 1.37 bits per heavy atom. The third-order valence-corrected chi connectivity index (χ3v) is 7.54. The molecule has 0 unspecified atom stereocenters. The number of benzene rings is 1. The lowest BCUT2D eigenvalue weighted by atomic mass is 9.61. The molecule has 1 aliphatic heterocycles. The van der Waals surface area contributed by atoms with Crippen molar-refractivity contribution in [3.05, 3.63) is 51.7 Å². The second-order valence-electron chi connectivity index (χ2n) is 8.68. The van der Waals surface area contributed by atoms with Crippen molar-refractivity contribution in [2.75, 3.05) is 13.1 Å². The zero-order chi connectivity index (χ0) is 18.6. The fraction of sp³-hybridized carbons (Fsp3) is 0.500. The van der Waals surface area contributed by atoms with Crippen molar-refractivity contribution in [2.24, 2.45) is 5.92 Å². The van der Waals surface area contributed by atoms with E-state index in [0.29, 0.717) is 11.8 Å². The molecule has 1 saturated carbocycles. The van der Waals surface area contributed by atoms with Crippen LogP contribution in [0.25, 0.3) is 0 Å². The van der Waals surface area contributed by atoms with Crippen LogP contribution in [-0.4, -0.2) is 41.1 Å². The second-order valence-corrected chi connectivity index (χ2v) is 9.46. The van der Waals surface area contributed by atoms with E-state index in [1.807, 2.05) is 22.9 Å². The fourth-order valence-corrected chi connectivity index (χ4v) is 5.75. The first-order chi connectivity index (χ1) is 13.0. The highest BCUT2D eigenvalue weighted by molar-refractivity contribution is 7.08. The molecule has 2 N–H and O–H groups in total. The van der Waals surface area contributed by atoms with Crippen LogP contribution in [0.2, 0.25) is 0 Å². The number of nitrogens with one attached hydrogen (secondary N) is 1. The predicted octanol–water partition coefficient (Wildman–Crippen LogP) is 3.55. The van der Waals surface area contributed by atoms with E-state index in [-0.39, 0.29) is 17.4 Å². The van der Waals surface area contributed by atoms with Crippen LogP contribution in [0.1, 0.15) is 47.7 Å². The predicted molar refractivity (Wildman–Crippen MR) is 107 cm³/mol. The van der Waals surface area contributed by atoms with Gasteiger partial charge in [-0.15, -0.1) is 0 Å². The molecule has 3 aliphatic rings.